The van der Waals surface area contributed by atoms with Crippen molar-refractivity contribution < 1.29 is 9.84 Å². The summed E-state index contributed by atoms with van der Waals surface area (Å²) in [5.74, 6) is 0.977. The summed E-state index contributed by atoms with van der Waals surface area (Å²) >= 11 is 0. The third kappa shape index (κ3) is 2.80. The van der Waals surface area contributed by atoms with Gasteiger partial charge in [-0.2, -0.15) is 0 Å². The van der Waals surface area contributed by atoms with Crippen LogP contribution in [-0.2, 0) is 6.42 Å². The zero-order valence-electron chi connectivity index (χ0n) is 8.87. The molecule has 0 radical (unpaired) electrons. The average Bonchev–Trinajstić information content (AvgIpc) is 2.15. The number of methoxy groups -OCH3 is 1. The normalized spacial score (nSPS) is 9.64. The zero-order valence-corrected chi connectivity index (χ0v) is 8.87. The minimum atomic E-state index is 0.293. The highest BCUT2D eigenvalue weighted by molar-refractivity contribution is 5.40. The van der Waals surface area contributed by atoms with Crippen LogP contribution >= 0.6 is 0 Å². The summed E-state index contributed by atoms with van der Waals surface area (Å²) in [5.41, 5.74) is 2.17. The summed E-state index contributed by atoms with van der Waals surface area (Å²) in [6.45, 7) is 4.08. The Hall–Kier alpha value is -1.44. The lowest BCUT2D eigenvalue weighted by Gasteiger charge is -2.04. The summed E-state index contributed by atoms with van der Waals surface area (Å²) in [6.07, 6.45) is 2.85. The molecule has 0 bridgehead atoms. The summed E-state index contributed by atoms with van der Waals surface area (Å²) in [4.78, 5) is 0. The van der Waals surface area contributed by atoms with Crippen LogP contribution in [0.25, 0.3) is 0 Å². The quantitative estimate of drug-likeness (QED) is 0.746. The van der Waals surface area contributed by atoms with Crippen LogP contribution in [0.15, 0.2) is 29.8 Å². The fourth-order valence-corrected chi connectivity index (χ4v) is 1.16. The van der Waals surface area contributed by atoms with E-state index in [1.54, 1.807) is 13.2 Å². The first-order valence-corrected chi connectivity index (χ1v) is 4.62. The van der Waals surface area contributed by atoms with Gasteiger partial charge < -0.3 is 9.84 Å². The molecule has 1 rings (SSSR count). The summed E-state index contributed by atoms with van der Waals surface area (Å²) in [6, 6.07) is 5.37. The summed E-state index contributed by atoms with van der Waals surface area (Å²) < 4.78 is 5.00. The fourth-order valence-electron chi connectivity index (χ4n) is 1.16. The van der Waals surface area contributed by atoms with Gasteiger partial charge in [0.05, 0.1) is 7.11 Å². The number of allylic oxidation sites excluding steroid dienone is 2. The number of phenols is 1. The molecule has 1 aromatic carbocycles. The molecule has 0 aliphatic heterocycles. The molecule has 76 valence electrons. The number of hydrogen-bond donors (Lipinski definition) is 1. The second kappa shape index (κ2) is 4.70. The van der Waals surface area contributed by atoms with Gasteiger partial charge in [0.2, 0.25) is 0 Å². The van der Waals surface area contributed by atoms with E-state index in [0.29, 0.717) is 11.5 Å². The van der Waals surface area contributed by atoms with Crippen LogP contribution in [0.4, 0.5) is 0 Å². The van der Waals surface area contributed by atoms with Gasteiger partial charge in [0.25, 0.3) is 0 Å². The Labute approximate surface area is 84.8 Å². The predicted molar refractivity (Wildman–Crippen MR) is 57.8 cm³/mol. The largest absolute Gasteiger partial charge is 0.508 e. The van der Waals surface area contributed by atoms with E-state index in [9.17, 15) is 5.11 Å². The van der Waals surface area contributed by atoms with Crippen molar-refractivity contribution in [1.29, 1.82) is 0 Å². The smallest absolute Gasteiger partial charge is 0.122 e. The number of phenolic OH excluding ortho intramolecular Hbond substituents is 1. The van der Waals surface area contributed by atoms with Crippen LogP contribution in [0.2, 0.25) is 0 Å². The van der Waals surface area contributed by atoms with Crippen molar-refractivity contribution in [2.24, 2.45) is 0 Å². The summed E-state index contributed by atoms with van der Waals surface area (Å²) in [7, 11) is 1.59. The van der Waals surface area contributed by atoms with Crippen molar-refractivity contribution >= 4 is 0 Å². The standard InChI is InChI=1S/C12H16O2/c1-9(2)4-5-10-6-7-11(14-3)8-12(10)13/h4,6-8,13H,5H2,1-3H3. The highest BCUT2D eigenvalue weighted by Gasteiger charge is 2.00. The number of hydrogen-bond acceptors (Lipinski definition) is 2. The van der Waals surface area contributed by atoms with E-state index in [1.165, 1.54) is 5.57 Å². The minimum absolute atomic E-state index is 0.293. The maximum atomic E-state index is 9.63. The highest BCUT2D eigenvalue weighted by Crippen LogP contribution is 2.24. The van der Waals surface area contributed by atoms with E-state index in [0.717, 1.165) is 12.0 Å². The van der Waals surface area contributed by atoms with Crippen LogP contribution in [0.3, 0.4) is 0 Å². The van der Waals surface area contributed by atoms with Gasteiger partial charge in [0.15, 0.2) is 0 Å². The highest BCUT2D eigenvalue weighted by atomic mass is 16.5. The Kier molecular flexibility index (Phi) is 3.57. The van der Waals surface area contributed by atoms with Crippen molar-refractivity contribution in [3.8, 4) is 11.5 Å². The number of rotatable bonds is 3. The molecule has 0 fully saturated rings. The molecule has 0 atom stereocenters. The van der Waals surface area contributed by atoms with Crippen LogP contribution in [-0.4, -0.2) is 12.2 Å². The Morgan fingerprint density at radius 1 is 1.43 bits per heavy atom. The van der Waals surface area contributed by atoms with Gasteiger partial charge in [0, 0.05) is 6.07 Å². The molecule has 2 heteroatoms. The monoisotopic (exact) mass is 192 g/mol. The molecule has 0 unspecified atom stereocenters. The Morgan fingerprint density at radius 3 is 2.64 bits per heavy atom. The lowest BCUT2D eigenvalue weighted by atomic mass is 10.1. The Bertz CT molecular complexity index is 336. The van der Waals surface area contributed by atoms with E-state index in [2.05, 4.69) is 6.08 Å². The molecule has 14 heavy (non-hydrogen) atoms. The molecule has 0 spiro atoms. The Morgan fingerprint density at radius 2 is 2.14 bits per heavy atom. The van der Waals surface area contributed by atoms with E-state index >= 15 is 0 Å². The minimum Gasteiger partial charge on any atom is -0.508 e. The van der Waals surface area contributed by atoms with Crippen molar-refractivity contribution in [2.75, 3.05) is 7.11 Å². The molecule has 0 aromatic heterocycles. The Balaban J connectivity index is 2.84. The zero-order chi connectivity index (χ0) is 10.6. The number of benzene rings is 1. The average molecular weight is 192 g/mol. The molecule has 0 aliphatic carbocycles. The molecule has 0 saturated carbocycles. The molecule has 1 aromatic rings. The number of ether oxygens (including phenoxy) is 1. The summed E-state index contributed by atoms with van der Waals surface area (Å²) in [5, 5.41) is 9.63. The molecule has 0 amide bonds. The van der Waals surface area contributed by atoms with Crippen molar-refractivity contribution in [3.05, 3.63) is 35.4 Å². The van der Waals surface area contributed by atoms with Gasteiger partial charge >= 0.3 is 0 Å². The van der Waals surface area contributed by atoms with Gasteiger partial charge in [-0.1, -0.05) is 17.7 Å². The lowest BCUT2D eigenvalue weighted by molar-refractivity contribution is 0.406. The second-order valence-corrected chi connectivity index (χ2v) is 3.48. The van der Waals surface area contributed by atoms with Gasteiger partial charge in [-0.3, -0.25) is 0 Å². The van der Waals surface area contributed by atoms with E-state index < -0.39 is 0 Å². The third-order valence-corrected chi connectivity index (χ3v) is 2.02. The molecule has 1 N–H and O–H groups in total. The van der Waals surface area contributed by atoms with Crippen LogP contribution in [0.5, 0.6) is 11.5 Å². The van der Waals surface area contributed by atoms with Crippen molar-refractivity contribution in [1.82, 2.24) is 0 Å². The SMILES string of the molecule is COc1ccc(CC=C(C)C)c(O)c1. The van der Waals surface area contributed by atoms with E-state index in [1.807, 2.05) is 26.0 Å². The van der Waals surface area contributed by atoms with Gasteiger partial charge in [-0.25, -0.2) is 0 Å². The van der Waals surface area contributed by atoms with Crippen LogP contribution in [0.1, 0.15) is 19.4 Å². The molecular formula is C12H16O2. The number of aromatic hydroxyl groups is 1. The lowest BCUT2D eigenvalue weighted by Crippen LogP contribution is -1.86. The van der Waals surface area contributed by atoms with Gasteiger partial charge in [-0.05, 0) is 31.9 Å². The van der Waals surface area contributed by atoms with E-state index in [-0.39, 0.29) is 0 Å². The fraction of sp³-hybridized carbons (Fsp3) is 0.333. The molecular weight excluding hydrogens is 176 g/mol. The molecule has 0 aliphatic rings. The molecule has 0 saturated heterocycles. The molecule has 2 nitrogen and oxygen atoms in total. The first-order valence-electron chi connectivity index (χ1n) is 4.62. The molecule has 0 heterocycles. The van der Waals surface area contributed by atoms with Crippen molar-refractivity contribution in [2.45, 2.75) is 20.3 Å². The third-order valence-electron chi connectivity index (χ3n) is 2.02. The van der Waals surface area contributed by atoms with Crippen LogP contribution in [0, 0.1) is 0 Å². The van der Waals surface area contributed by atoms with E-state index in [4.69, 9.17) is 4.74 Å². The first-order chi connectivity index (χ1) is 6.63. The van der Waals surface area contributed by atoms with Crippen LogP contribution < -0.4 is 4.74 Å². The van der Waals surface area contributed by atoms with Gasteiger partial charge in [-0.15, -0.1) is 0 Å². The maximum Gasteiger partial charge on any atom is 0.122 e. The maximum absolute atomic E-state index is 9.63. The predicted octanol–water partition coefficient (Wildman–Crippen LogP) is 2.91. The first kappa shape index (κ1) is 10.6. The topological polar surface area (TPSA) is 29.5 Å². The van der Waals surface area contributed by atoms with Gasteiger partial charge in [0.1, 0.15) is 11.5 Å². The van der Waals surface area contributed by atoms with Crippen molar-refractivity contribution in [3.63, 3.8) is 0 Å². The second-order valence-electron chi connectivity index (χ2n) is 3.48.